The molecule has 0 saturated carbocycles. The summed E-state index contributed by atoms with van der Waals surface area (Å²) in [6.07, 6.45) is 1.00. The third kappa shape index (κ3) is 5.69. The Hall–Kier alpha value is -2.61. The quantitative estimate of drug-likeness (QED) is 0.682. The number of ether oxygens (including phenoxy) is 1. The van der Waals surface area contributed by atoms with Crippen molar-refractivity contribution in [1.82, 2.24) is 5.32 Å². The van der Waals surface area contributed by atoms with Crippen molar-refractivity contribution in [1.29, 1.82) is 0 Å². The van der Waals surface area contributed by atoms with Gasteiger partial charge in [-0.25, -0.2) is 12.8 Å². The van der Waals surface area contributed by atoms with Gasteiger partial charge in [0.2, 0.25) is 15.9 Å². The molecule has 0 heterocycles. The minimum absolute atomic E-state index is 0.220. The lowest BCUT2D eigenvalue weighted by Gasteiger charge is -2.28. The zero-order valence-corrected chi connectivity index (χ0v) is 17.2. The van der Waals surface area contributed by atoms with E-state index in [2.05, 4.69) is 5.32 Å². The first-order chi connectivity index (χ1) is 13.1. The van der Waals surface area contributed by atoms with Gasteiger partial charge in [0.25, 0.3) is 0 Å². The molecule has 0 bridgehead atoms. The lowest BCUT2D eigenvalue weighted by Crippen LogP contribution is -2.48. The SMILES string of the molecule is Cc1ccc(C)c(OCCNC(=O)C(C)N(c2ccc(F)cc2)S(C)(=O)=O)c1. The van der Waals surface area contributed by atoms with Gasteiger partial charge in [0.1, 0.15) is 24.2 Å². The van der Waals surface area contributed by atoms with Crippen LogP contribution in [0, 0.1) is 19.7 Å². The van der Waals surface area contributed by atoms with Crippen LogP contribution in [0.15, 0.2) is 42.5 Å². The van der Waals surface area contributed by atoms with Crippen molar-refractivity contribution in [3.63, 3.8) is 0 Å². The first-order valence-corrected chi connectivity index (χ1v) is 10.7. The van der Waals surface area contributed by atoms with E-state index in [1.807, 2.05) is 32.0 Å². The van der Waals surface area contributed by atoms with Crippen LogP contribution in [0.25, 0.3) is 0 Å². The normalized spacial score (nSPS) is 12.3. The number of aryl methyl sites for hydroxylation is 2. The molecule has 0 aromatic heterocycles. The Kier molecular flexibility index (Phi) is 7.01. The second-order valence-electron chi connectivity index (χ2n) is 6.62. The Morgan fingerprint density at radius 1 is 1.18 bits per heavy atom. The zero-order valence-electron chi connectivity index (χ0n) is 16.4. The number of carbonyl (C=O) groups is 1. The number of benzene rings is 2. The van der Waals surface area contributed by atoms with Crippen molar-refractivity contribution in [2.45, 2.75) is 26.8 Å². The standard InChI is InChI=1S/C20H25FN2O4S/c1-14-5-6-15(2)19(13-14)27-12-11-22-20(24)16(3)23(28(4,25)26)18-9-7-17(21)8-10-18/h5-10,13,16H,11-12H2,1-4H3,(H,22,24). The van der Waals surface area contributed by atoms with E-state index in [4.69, 9.17) is 4.74 Å². The van der Waals surface area contributed by atoms with Crippen molar-refractivity contribution in [3.8, 4) is 5.75 Å². The van der Waals surface area contributed by atoms with Gasteiger partial charge in [-0.05, 0) is 62.2 Å². The number of anilines is 1. The van der Waals surface area contributed by atoms with E-state index in [-0.39, 0.29) is 18.8 Å². The van der Waals surface area contributed by atoms with Crippen molar-refractivity contribution >= 4 is 21.6 Å². The van der Waals surface area contributed by atoms with Crippen molar-refractivity contribution in [3.05, 3.63) is 59.4 Å². The Morgan fingerprint density at radius 2 is 1.82 bits per heavy atom. The van der Waals surface area contributed by atoms with Gasteiger partial charge in [-0.3, -0.25) is 9.10 Å². The van der Waals surface area contributed by atoms with E-state index < -0.39 is 27.8 Å². The van der Waals surface area contributed by atoms with E-state index in [0.717, 1.165) is 39.6 Å². The van der Waals surface area contributed by atoms with Crippen LogP contribution < -0.4 is 14.4 Å². The molecule has 8 heteroatoms. The van der Waals surface area contributed by atoms with Gasteiger partial charge >= 0.3 is 0 Å². The predicted molar refractivity (Wildman–Crippen MR) is 108 cm³/mol. The number of hydrogen-bond acceptors (Lipinski definition) is 4. The maximum absolute atomic E-state index is 13.1. The molecular formula is C20H25FN2O4S. The number of carbonyl (C=O) groups excluding carboxylic acids is 1. The van der Waals surface area contributed by atoms with Crippen molar-refractivity contribution < 1.29 is 22.3 Å². The summed E-state index contributed by atoms with van der Waals surface area (Å²) in [5.74, 6) is -0.219. The zero-order chi connectivity index (χ0) is 20.9. The van der Waals surface area contributed by atoms with Gasteiger partial charge < -0.3 is 10.1 Å². The fourth-order valence-electron chi connectivity index (χ4n) is 2.74. The summed E-state index contributed by atoms with van der Waals surface area (Å²) in [5.41, 5.74) is 2.28. The van der Waals surface area contributed by atoms with Gasteiger partial charge in [-0.15, -0.1) is 0 Å². The molecule has 6 nitrogen and oxygen atoms in total. The van der Waals surface area contributed by atoms with E-state index >= 15 is 0 Å². The minimum Gasteiger partial charge on any atom is -0.491 e. The fourth-order valence-corrected chi connectivity index (χ4v) is 3.92. The molecule has 2 rings (SSSR count). The third-order valence-corrected chi connectivity index (χ3v) is 5.41. The summed E-state index contributed by atoms with van der Waals surface area (Å²) in [4.78, 5) is 12.5. The van der Waals surface area contributed by atoms with E-state index in [0.29, 0.717) is 0 Å². The first-order valence-electron chi connectivity index (χ1n) is 8.82. The molecular weight excluding hydrogens is 383 g/mol. The molecule has 0 aliphatic carbocycles. The van der Waals surface area contributed by atoms with Crippen LogP contribution in [0.5, 0.6) is 5.75 Å². The maximum atomic E-state index is 13.1. The molecule has 0 fully saturated rings. The van der Waals surface area contributed by atoms with Gasteiger partial charge in [0.15, 0.2) is 0 Å². The third-order valence-electron chi connectivity index (χ3n) is 4.17. The Balaban J connectivity index is 1.99. The molecule has 152 valence electrons. The lowest BCUT2D eigenvalue weighted by molar-refractivity contribution is -0.121. The van der Waals surface area contributed by atoms with Crippen LogP contribution in [-0.4, -0.2) is 39.8 Å². The summed E-state index contributed by atoms with van der Waals surface area (Å²) in [6, 6.07) is 9.81. The molecule has 1 unspecified atom stereocenters. The maximum Gasteiger partial charge on any atom is 0.243 e. The smallest absolute Gasteiger partial charge is 0.243 e. The number of nitrogens with zero attached hydrogens (tertiary/aromatic N) is 1. The number of amides is 1. The summed E-state index contributed by atoms with van der Waals surface area (Å²) >= 11 is 0. The number of rotatable bonds is 8. The van der Waals surface area contributed by atoms with Gasteiger partial charge in [0, 0.05) is 0 Å². The lowest BCUT2D eigenvalue weighted by atomic mass is 10.1. The molecule has 1 amide bonds. The Bertz CT molecular complexity index is 930. The van der Waals surface area contributed by atoms with Crippen molar-refractivity contribution in [2.24, 2.45) is 0 Å². The highest BCUT2D eigenvalue weighted by atomic mass is 32.2. The van der Waals surface area contributed by atoms with E-state index in [1.54, 1.807) is 0 Å². The highest BCUT2D eigenvalue weighted by Crippen LogP contribution is 2.21. The molecule has 0 spiro atoms. The van der Waals surface area contributed by atoms with Gasteiger partial charge in [-0.1, -0.05) is 12.1 Å². The number of nitrogens with one attached hydrogen (secondary N) is 1. The molecule has 0 radical (unpaired) electrons. The highest BCUT2D eigenvalue weighted by molar-refractivity contribution is 7.92. The van der Waals surface area contributed by atoms with Crippen molar-refractivity contribution in [2.75, 3.05) is 23.7 Å². The van der Waals surface area contributed by atoms with Crippen LogP contribution in [0.1, 0.15) is 18.1 Å². The molecule has 28 heavy (non-hydrogen) atoms. The van der Waals surface area contributed by atoms with E-state index in [1.165, 1.54) is 19.1 Å². The summed E-state index contributed by atoms with van der Waals surface area (Å²) in [5, 5.41) is 2.68. The fraction of sp³-hybridized carbons (Fsp3) is 0.350. The molecule has 2 aromatic rings. The largest absolute Gasteiger partial charge is 0.491 e. The number of halogens is 1. The average molecular weight is 408 g/mol. The minimum atomic E-state index is -3.74. The number of sulfonamides is 1. The predicted octanol–water partition coefficient (Wildman–Crippen LogP) is 2.79. The second-order valence-corrected chi connectivity index (χ2v) is 8.48. The van der Waals surface area contributed by atoms with Crippen LogP contribution >= 0.6 is 0 Å². The van der Waals surface area contributed by atoms with Gasteiger partial charge in [-0.2, -0.15) is 0 Å². The van der Waals surface area contributed by atoms with Crippen LogP contribution in [-0.2, 0) is 14.8 Å². The molecule has 0 aliphatic rings. The number of hydrogen-bond donors (Lipinski definition) is 1. The highest BCUT2D eigenvalue weighted by Gasteiger charge is 2.28. The molecule has 1 atom stereocenters. The molecule has 1 N–H and O–H groups in total. The Morgan fingerprint density at radius 3 is 2.43 bits per heavy atom. The van der Waals surface area contributed by atoms with Gasteiger partial charge in [0.05, 0.1) is 18.5 Å². The van der Waals surface area contributed by atoms with Crippen LogP contribution in [0.3, 0.4) is 0 Å². The molecule has 2 aromatic carbocycles. The molecule has 0 aliphatic heterocycles. The monoisotopic (exact) mass is 408 g/mol. The summed E-state index contributed by atoms with van der Waals surface area (Å²) < 4.78 is 44.1. The second kappa shape index (κ2) is 9.05. The summed E-state index contributed by atoms with van der Waals surface area (Å²) in [6.45, 7) is 5.84. The average Bonchev–Trinajstić information content (AvgIpc) is 2.62. The topological polar surface area (TPSA) is 75.7 Å². The molecule has 0 saturated heterocycles. The Labute approximate surface area is 165 Å². The first kappa shape index (κ1) is 21.7. The van der Waals surface area contributed by atoms with E-state index in [9.17, 15) is 17.6 Å². The summed E-state index contributed by atoms with van der Waals surface area (Å²) in [7, 11) is -3.74. The van der Waals surface area contributed by atoms with Crippen LogP contribution in [0.2, 0.25) is 0 Å². The van der Waals surface area contributed by atoms with Crippen LogP contribution in [0.4, 0.5) is 10.1 Å².